The van der Waals surface area contributed by atoms with Crippen LogP contribution in [0.2, 0.25) is 5.02 Å². The lowest BCUT2D eigenvalue weighted by Crippen LogP contribution is -2.22. The highest BCUT2D eigenvalue weighted by Gasteiger charge is 2.14. The normalized spacial score (nSPS) is 11.1. The average molecular weight is 503 g/mol. The van der Waals surface area contributed by atoms with Gasteiger partial charge in [0.2, 0.25) is 0 Å². The third kappa shape index (κ3) is 5.27. The molecule has 1 aromatic heterocycles. The molecule has 0 saturated carbocycles. The number of methoxy groups -OCH3 is 1. The average Bonchev–Trinajstić information content (AvgIpc) is 2.76. The highest BCUT2D eigenvalue weighted by molar-refractivity contribution is 9.10. The highest BCUT2D eigenvalue weighted by atomic mass is 79.9. The first kappa shape index (κ1) is 22.9. The number of fused-ring (bicyclic) bond motifs is 1. The van der Waals surface area contributed by atoms with E-state index in [1.165, 1.54) is 18.0 Å². The number of halogens is 2. The molecule has 0 atom stereocenters. The summed E-state index contributed by atoms with van der Waals surface area (Å²) >= 11 is 9.63. The molecule has 3 aromatic rings. The van der Waals surface area contributed by atoms with Crippen molar-refractivity contribution >= 4 is 44.6 Å². The van der Waals surface area contributed by atoms with Crippen LogP contribution in [-0.4, -0.2) is 29.6 Å². The van der Waals surface area contributed by atoms with Crippen LogP contribution in [0.4, 0.5) is 0 Å². The topological polar surface area (TPSA) is 65.7 Å². The van der Waals surface area contributed by atoms with E-state index in [2.05, 4.69) is 38.9 Å². The van der Waals surface area contributed by atoms with E-state index < -0.39 is 0 Å². The van der Waals surface area contributed by atoms with Crippen LogP contribution in [0, 0.1) is 12.3 Å². The summed E-state index contributed by atoms with van der Waals surface area (Å²) in [5, 5.41) is 5.36. The zero-order valence-electron chi connectivity index (χ0n) is 17.2. The number of ether oxygens (including phenoxy) is 2. The molecular formula is C23H21BrClN3O3. The van der Waals surface area contributed by atoms with Crippen LogP contribution in [0.15, 0.2) is 44.7 Å². The van der Waals surface area contributed by atoms with Crippen molar-refractivity contribution in [2.45, 2.75) is 26.2 Å². The number of hydrogen-bond donors (Lipinski definition) is 0. The number of terminal acetylenes is 1. The molecule has 0 bridgehead atoms. The van der Waals surface area contributed by atoms with Gasteiger partial charge in [-0.25, -0.2) is 4.98 Å². The zero-order valence-corrected chi connectivity index (χ0v) is 19.5. The van der Waals surface area contributed by atoms with Crippen molar-refractivity contribution in [3.05, 3.63) is 61.6 Å². The van der Waals surface area contributed by atoms with Gasteiger partial charge < -0.3 is 9.47 Å². The standard InChI is InChI=1S/C23H21BrClN3O3/c1-4-6-7-21-27-19-9-8-16(24)12-18(19)23(29)28(21)26-14-15-11-17(25)13-20(30-3)22(15)31-10-5-2/h2,8-9,11-14H,4,6-7,10H2,1,3H3. The number of rotatable bonds is 8. The van der Waals surface area contributed by atoms with Crippen LogP contribution in [-0.2, 0) is 6.42 Å². The van der Waals surface area contributed by atoms with Gasteiger partial charge in [-0.2, -0.15) is 9.78 Å². The quantitative estimate of drug-likeness (QED) is 0.319. The minimum absolute atomic E-state index is 0.0477. The Morgan fingerprint density at radius 3 is 2.87 bits per heavy atom. The van der Waals surface area contributed by atoms with E-state index in [-0.39, 0.29) is 12.2 Å². The Hall–Kier alpha value is -2.82. The van der Waals surface area contributed by atoms with Gasteiger partial charge in [-0.05, 0) is 30.7 Å². The Morgan fingerprint density at radius 2 is 2.16 bits per heavy atom. The largest absolute Gasteiger partial charge is 0.493 e. The fourth-order valence-electron chi connectivity index (χ4n) is 3.04. The number of benzene rings is 2. The van der Waals surface area contributed by atoms with E-state index >= 15 is 0 Å². The second-order valence-corrected chi connectivity index (χ2v) is 8.03. The van der Waals surface area contributed by atoms with E-state index in [1.54, 1.807) is 18.2 Å². The Bertz CT molecular complexity index is 1230. The number of nitrogens with zero attached hydrogens (tertiary/aromatic N) is 3. The molecule has 8 heteroatoms. The Labute approximate surface area is 194 Å². The van der Waals surface area contributed by atoms with Crippen molar-refractivity contribution in [3.63, 3.8) is 0 Å². The smallest absolute Gasteiger partial charge is 0.282 e. The minimum atomic E-state index is -0.256. The fraction of sp³-hybridized carbons (Fsp3) is 0.261. The third-order valence-corrected chi connectivity index (χ3v) is 5.22. The summed E-state index contributed by atoms with van der Waals surface area (Å²) in [7, 11) is 1.51. The molecule has 0 amide bonds. The molecule has 2 aromatic carbocycles. The molecule has 0 aliphatic carbocycles. The van der Waals surface area contributed by atoms with E-state index in [4.69, 9.17) is 27.5 Å². The van der Waals surface area contributed by atoms with Crippen LogP contribution in [0.25, 0.3) is 10.9 Å². The van der Waals surface area contributed by atoms with Gasteiger partial charge in [0.05, 0.1) is 24.2 Å². The molecule has 0 aliphatic heterocycles. The maximum Gasteiger partial charge on any atom is 0.282 e. The van der Waals surface area contributed by atoms with E-state index in [9.17, 15) is 4.79 Å². The van der Waals surface area contributed by atoms with E-state index in [0.29, 0.717) is 45.2 Å². The fourth-order valence-corrected chi connectivity index (χ4v) is 3.61. The lowest BCUT2D eigenvalue weighted by atomic mass is 10.2. The SMILES string of the molecule is C#CCOc1c(C=Nn2c(CCCC)nc3ccc(Br)cc3c2=O)cc(Cl)cc1OC. The van der Waals surface area contributed by atoms with Gasteiger partial charge >= 0.3 is 0 Å². The van der Waals surface area contributed by atoms with Crippen molar-refractivity contribution in [1.29, 1.82) is 0 Å². The molecule has 0 aliphatic rings. The van der Waals surface area contributed by atoms with Crippen LogP contribution < -0.4 is 15.0 Å². The van der Waals surface area contributed by atoms with Gasteiger partial charge in [-0.15, -0.1) is 6.42 Å². The summed E-state index contributed by atoms with van der Waals surface area (Å²) in [5.74, 6) is 3.82. The van der Waals surface area contributed by atoms with Crippen LogP contribution in [0.1, 0.15) is 31.2 Å². The second-order valence-electron chi connectivity index (χ2n) is 6.67. The van der Waals surface area contributed by atoms with Crippen LogP contribution in [0.3, 0.4) is 0 Å². The summed E-state index contributed by atoms with van der Waals surface area (Å²) in [6.45, 7) is 2.13. The molecule has 0 radical (unpaired) electrons. The van der Waals surface area contributed by atoms with Crippen molar-refractivity contribution < 1.29 is 9.47 Å². The summed E-state index contributed by atoms with van der Waals surface area (Å²) < 4.78 is 13.1. The molecule has 0 spiro atoms. The van der Waals surface area contributed by atoms with Crippen molar-refractivity contribution in [1.82, 2.24) is 9.66 Å². The van der Waals surface area contributed by atoms with Gasteiger partial charge in [-0.3, -0.25) is 4.79 Å². The predicted molar refractivity (Wildman–Crippen MR) is 128 cm³/mol. The first-order valence-corrected chi connectivity index (χ1v) is 10.8. The molecule has 1 heterocycles. The van der Waals surface area contributed by atoms with Gasteiger partial charge in [0, 0.05) is 27.5 Å². The molecule has 0 unspecified atom stereocenters. The first-order chi connectivity index (χ1) is 15.0. The molecule has 0 saturated heterocycles. The molecule has 6 nitrogen and oxygen atoms in total. The van der Waals surface area contributed by atoms with Crippen molar-refractivity contribution in [3.8, 4) is 23.8 Å². The zero-order chi connectivity index (χ0) is 22.4. The Kier molecular flexibility index (Phi) is 7.72. The summed E-state index contributed by atoms with van der Waals surface area (Å²) in [6, 6.07) is 8.71. The van der Waals surface area contributed by atoms with Gasteiger partial charge in [0.1, 0.15) is 12.4 Å². The monoisotopic (exact) mass is 501 g/mol. The molecular weight excluding hydrogens is 482 g/mol. The second kappa shape index (κ2) is 10.5. The Morgan fingerprint density at radius 1 is 1.35 bits per heavy atom. The molecule has 0 N–H and O–H groups in total. The van der Waals surface area contributed by atoms with E-state index in [0.717, 1.165) is 17.3 Å². The van der Waals surface area contributed by atoms with Gasteiger partial charge in [-0.1, -0.05) is 46.8 Å². The predicted octanol–water partition coefficient (Wildman–Crippen LogP) is 5.06. The summed E-state index contributed by atoms with van der Waals surface area (Å²) in [4.78, 5) is 17.9. The number of aromatic nitrogens is 2. The molecule has 3 rings (SSSR count). The highest BCUT2D eigenvalue weighted by Crippen LogP contribution is 2.34. The Balaban J connectivity index is 2.16. The third-order valence-electron chi connectivity index (χ3n) is 4.51. The lowest BCUT2D eigenvalue weighted by molar-refractivity contribution is 0.330. The maximum absolute atomic E-state index is 13.2. The van der Waals surface area contributed by atoms with Crippen molar-refractivity contribution in [2.24, 2.45) is 5.10 Å². The minimum Gasteiger partial charge on any atom is -0.493 e. The van der Waals surface area contributed by atoms with Gasteiger partial charge in [0.25, 0.3) is 5.56 Å². The number of aryl methyl sites for hydroxylation is 1. The van der Waals surface area contributed by atoms with Crippen LogP contribution in [0.5, 0.6) is 11.5 Å². The van der Waals surface area contributed by atoms with Gasteiger partial charge in [0.15, 0.2) is 11.5 Å². The number of hydrogen-bond acceptors (Lipinski definition) is 5. The lowest BCUT2D eigenvalue weighted by Gasteiger charge is -2.13. The molecule has 160 valence electrons. The molecule has 0 fully saturated rings. The van der Waals surface area contributed by atoms with E-state index in [1.807, 2.05) is 12.1 Å². The maximum atomic E-state index is 13.2. The summed E-state index contributed by atoms with van der Waals surface area (Å²) in [6.07, 6.45) is 9.30. The van der Waals surface area contributed by atoms with Crippen LogP contribution >= 0.6 is 27.5 Å². The number of unbranched alkanes of at least 4 members (excludes halogenated alkanes) is 1. The first-order valence-electron chi connectivity index (χ1n) is 9.67. The summed E-state index contributed by atoms with van der Waals surface area (Å²) in [5.41, 5.74) is 0.907. The molecule has 31 heavy (non-hydrogen) atoms. The van der Waals surface area contributed by atoms with Crippen molar-refractivity contribution in [2.75, 3.05) is 13.7 Å².